The standard InChI is InChI=1S/C55H34N6/c1-55(2)45-28-37(31-11-13-32(14-12-31)46-23-20-35-17-15-33-7-5-25-56-48(33)50(35)59-46)19-22-41(45)44-29-43-40-10-4-3-9-39(40)42-27-38(30-58-52(42)53(43)61-54(44)55)47-24-21-36-18-16-34-8-6-26-57-49(34)51(36)60-47/h3-30H,1-2H3. The predicted octanol–water partition coefficient (Wildman–Crippen LogP) is 13.4. The van der Waals surface area contributed by atoms with Crippen molar-refractivity contribution in [2.24, 2.45) is 0 Å². The third-order valence-corrected chi connectivity index (χ3v) is 12.9. The summed E-state index contributed by atoms with van der Waals surface area (Å²) in [7, 11) is 0. The second kappa shape index (κ2) is 12.5. The minimum Gasteiger partial charge on any atom is -0.254 e. The van der Waals surface area contributed by atoms with Crippen LogP contribution in [-0.4, -0.2) is 29.9 Å². The maximum atomic E-state index is 5.57. The fourth-order valence-electron chi connectivity index (χ4n) is 9.74. The quantitative estimate of drug-likeness (QED) is 0.166. The first-order chi connectivity index (χ1) is 30.0. The van der Waals surface area contributed by atoms with E-state index in [1.54, 1.807) is 0 Å². The van der Waals surface area contributed by atoms with E-state index in [0.717, 1.165) is 110 Å². The van der Waals surface area contributed by atoms with Crippen molar-refractivity contribution < 1.29 is 0 Å². The van der Waals surface area contributed by atoms with E-state index in [4.69, 9.17) is 19.9 Å². The molecule has 61 heavy (non-hydrogen) atoms. The molecule has 6 nitrogen and oxygen atoms in total. The normalized spacial score (nSPS) is 13.2. The zero-order valence-corrected chi connectivity index (χ0v) is 33.3. The molecule has 6 heteroatoms. The van der Waals surface area contributed by atoms with E-state index >= 15 is 0 Å². The molecule has 0 N–H and O–H groups in total. The third-order valence-electron chi connectivity index (χ3n) is 12.9. The van der Waals surface area contributed by atoms with Crippen LogP contribution in [0.15, 0.2) is 170 Å². The van der Waals surface area contributed by atoms with Gasteiger partial charge in [0.05, 0.1) is 50.2 Å². The lowest BCUT2D eigenvalue weighted by molar-refractivity contribution is 0.640. The molecule has 0 saturated carbocycles. The SMILES string of the molecule is CC1(C)c2cc(-c3ccc(-c4ccc5ccc6cccnc6c5n4)cc3)ccc2-c2cc3c4ccccc4c4cc(-c5ccc6ccc7cccnc7c6n5)cnc4c3nc21. The van der Waals surface area contributed by atoms with Gasteiger partial charge in [-0.2, -0.15) is 0 Å². The predicted molar refractivity (Wildman–Crippen MR) is 250 cm³/mol. The van der Waals surface area contributed by atoms with Crippen LogP contribution in [0.3, 0.4) is 0 Å². The number of nitrogens with zero attached hydrogens (tertiary/aromatic N) is 6. The topological polar surface area (TPSA) is 77.3 Å². The van der Waals surface area contributed by atoms with Crippen LogP contribution in [-0.2, 0) is 5.41 Å². The number of hydrogen-bond acceptors (Lipinski definition) is 6. The summed E-state index contributed by atoms with van der Waals surface area (Å²) in [6, 6.07) is 53.9. The molecule has 0 spiro atoms. The summed E-state index contributed by atoms with van der Waals surface area (Å²) in [4.78, 5) is 30.3. The third kappa shape index (κ3) is 5.02. The van der Waals surface area contributed by atoms with Gasteiger partial charge < -0.3 is 0 Å². The van der Waals surface area contributed by atoms with E-state index in [0.29, 0.717) is 0 Å². The summed E-state index contributed by atoms with van der Waals surface area (Å²) in [6.45, 7) is 4.60. The highest BCUT2D eigenvalue weighted by atomic mass is 14.8. The zero-order chi connectivity index (χ0) is 40.4. The summed E-state index contributed by atoms with van der Waals surface area (Å²) in [5.41, 5.74) is 16.1. The van der Waals surface area contributed by atoms with E-state index in [2.05, 4.69) is 163 Å². The number of hydrogen-bond donors (Lipinski definition) is 0. The molecule has 1 aliphatic rings. The molecular formula is C55H34N6. The molecule has 0 saturated heterocycles. The lowest BCUT2D eigenvalue weighted by atomic mass is 9.84. The first kappa shape index (κ1) is 34.0. The van der Waals surface area contributed by atoms with Crippen molar-refractivity contribution in [1.29, 1.82) is 0 Å². The Morgan fingerprint density at radius 2 is 0.918 bits per heavy atom. The summed E-state index contributed by atoms with van der Waals surface area (Å²) in [5.74, 6) is 0. The van der Waals surface area contributed by atoms with Crippen molar-refractivity contribution in [3.8, 4) is 44.8 Å². The first-order valence-electron chi connectivity index (χ1n) is 20.7. The van der Waals surface area contributed by atoms with Crippen LogP contribution >= 0.6 is 0 Å². The van der Waals surface area contributed by atoms with E-state index in [9.17, 15) is 0 Å². The zero-order valence-electron chi connectivity index (χ0n) is 33.3. The van der Waals surface area contributed by atoms with Gasteiger partial charge in [-0.15, -0.1) is 0 Å². The van der Waals surface area contributed by atoms with Gasteiger partial charge in [0.1, 0.15) is 0 Å². The van der Waals surface area contributed by atoms with Crippen molar-refractivity contribution in [2.45, 2.75) is 19.3 Å². The van der Waals surface area contributed by atoms with Crippen molar-refractivity contribution in [3.63, 3.8) is 0 Å². The Balaban J connectivity index is 0.900. The number of aromatic nitrogens is 6. The number of pyridine rings is 6. The largest absolute Gasteiger partial charge is 0.254 e. The average molecular weight is 779 g/mol. The molecule has 12 aromatic rings. The molecule has 6 heterocycles. The van der Waals surface area contributed by atoms with Gasteiger partial charge in [0.2, 0.25) is 0 Å². The highest BCUT2D eigenvalue weighted by Crippen LogP contribution is 2.51. The van der Waals surface area contributed by atoms with Crippen LogP contribution in [0.25, 0.3) is 121 Å². The minimum absolute atomic E-state index is 0.329. The lowest BCUT2D eigenvalue weighted by Gasteiger charge is -2.21. The summed E-state index contributed by atoms with van der Waals surface area (Å²) < 4.78 is 0. The molecule has 1 aliphatic carbocycles. The number of rotatable bonds is 3. The number of benzene rings is 6. The molecule has 0 bridgehead atoms. The second-order valence-electron chi connectivity index (χ2n) is 16.7. The number of fused-ring (bicyclic) bond motifs is 15. The molecule has 0 atom stereocenters. The van der Waals surface area contributed by atoms with Crippen LogP contribution in [0.5, 0.6) is 0 Å². The highest BCUT2D eigenvalue weighted by Gasteiger charge is 2.38. The lowest BCUT2D eigenvalue weighted by Crippen LogP contribution is -2.17. The molecule has 0 radical (unpaired) electrons. The van der Waals surface area contributed by atoms with Crippen LogP contribution in [0.4, 0.5) is 0 Å². The fraction of sp³-hybridized carbons (Fsp3) is 0.0545. The fourth-order valence-corrected chi connectivity index (χ4v) is 9.74. The average Bonchev–Trinajstić information content (AvgIpc) is 3.54. The second-order valence-corrected chi connectivity index (χ2v) is 16.7. The maximum absolute atomic E-state index is 5.57. The summed E-state index contributed by atoms with van der Waals surface area (Å²) >= 11 is 0. The van der Waals surface area contributed by atoms with Crippen LogP contribution in [0.1, 0.15) is 25.1 Å². The van der Waals surface area contributed by atoms with E-state index in [1.165, 1.54) is 22.3 Å². The Hall–Kier alpha value is -7.96. The van der Waals surface area contributed by atoms with Crippen molar-refractivity contribution in [3.05, 3.63) is 182 Å². The molecule has 284 valence electrons. The molecule has 0 amide bonds. The molecule has 6 aromatic heterocycles. The maximum Gasteiger partial charge on any atom is 0.0975 e. The van der Waals surface area contributed by atoms with Gasteiger partial charge in [0, 0.05) is 73.0 Å². The molecule has 0 fully saturated rings. The van der Waals surface area contributed by atoms with E-state index in [-0.39, 0.29) is 5.41 Å². The Morgan fingerprint density at radius 1 is 0.361 bits per heavy atom. The smallest absolute Gasteiger partial charge is 0.0975 e. The van der Waals surface area contributed by atoms with Gasteiger partial charge >= 0.3 is 0 Å². The van der Waals surface area contributed by atoms with Gasteiger partial charge in [-0.3, -0.25) is 15.0 Å². The van der Waals surface area contributed by atoms with Gasteiger partial charge in [0.25, 0.3) is 0 Å². The van der Waals surface area contributed by atoms with Gasteiger partial charge in [-0.1, -0.05) is 123 Å². The van der Waals surface area contributed by atoms with Crippen LogP contribution in [0, 0.1) is 0 Å². The summed E-state index contributed by atoms with van der Waals surface area (Å²) in [5, 5.41) is 8.80. The molecule has 0 aliphatic heterocycles. The molecular weight excluding hydrogens is 745 g/mol. The van der Waals surface area contributed by atoms with Crippen molar-refractivity contribution >= 4 is 76.2 Å². The van der Waals surface area contributed by atoms with Crippen molar-refractivity contribution in [1.82, 2.24) is 29.9 Å². The van der Waals surface area contributed by atoms with Gasteiger partial charge in [-0.05, 0) is 75.5 Å². The van der Waals surface area contributed by atoms with Crippen molar-refractivity contribution in [2.75, 3.05) is 0 Å². The van der Waals surface area contributed by atoms with Gasteiger partial charge in [-0.25, -0.2) is 15.0 Å². The van der Waals surface area contributed by atoms with Crippen LogP contribution < -0.4 is 0 Å². The Morgan fingerprint density at radius 3 is 1.57 bits per heavy atom. The monoisotopic (exact) mass is 778 g/mol. The first-order valence-corrected chi connectivity index (χ1v) is 20.7. The van der Waals surface area contributed by atoms with Crippen LogP contribution in [0.2, 0.25) is 0 Å². The molecule has 6 aromatic carbocycles. The highest BCUT2D eigenvalue weighted by molar-refractivity contribution is 6.24. The van der Waals surface area contributed by atoms with E-state index in [1.807, 2.05) is 30.7 Å². The molecule has 0 unspecified atom stereocenters. The molecule has 13 rings (SSSR count). The van der Waals surface area contributed by atoms with E-state index < -0.39 is 0 Å². The van der Waals surface area contributed by atoms with Gasteiger partial charge in [0.15, 0.2) is 0 Å². The Bertz CT molecular complexity index is 3850. The Labute approximate surface area is 350 Å². The minimum atomic E-state index is -0.329. The Kier molecular flexibility index (Phi) is 6.97. The summed E-state index contributed by atoms with van der Waals surface area (Å²) in [6.07, 6.45) is 5.61.